The average molecular weight is 355 g/mol. The van der Waals surface area contributed by atoms with Crippen molar-refractivity contribution in [2.45, 2.75) is 51.6 Å². The van der Waals surface area contributed by atoms with Crippen LogP contribution in [0.4, 0.5) is 0 Å². The number of carbonyl (C=O) groups is 1. The van der Waals surface area contributed by atoms with Crippen molar-refractivity contribution in [3.8, 4) is 0 Å². The highest BCUT2D eigenvalue weighted by atomic mass is 16.5. The molecule has 1 fully saturated rings. The van der Waals surface area contributed by atoms with Crippen molar-refractivity contribution in [3.63, 3.8) is 0 Å². The molecule has 1 atom stereocenters. The van der Waals surface area contributed by atoms with Gasteiger partial charge in [-0.2, -0.15) is 0 Å². The smallest absolute Gasteiger partial charge is 0.276 e. The highest BCUT2D eigenvalue weighted by Gasteiger charge is 2.25. The molecular weight excluding hydrogens is 326 g/mol. The van der Waals surface area contributed by atoms with Gasteiger partial charge >= 0.3 is 0 Å². The summed E-state index contributed by atoms with van der Waals surface area (Å²) in [5.74, 6) is 1.000. The lowest BCUT2D eigenvalue weighted by Gasteiger charge is -2.27. The number of carbonyl (C=O) groups excluding carboxylic acids is 1. The predicted octanol–water partition coefficient (Wildman–Crippen LogP) is 3.92. The van der Waals surface area contributed by atoms with Crippen molar-refractivity contribution in [1.29, 1.82) is 0 Å². The molecule has 5 heteroatoms. The maximum absolute atomic E-state index is 12.7. The Hall–Kier alpha value is -2.14. The van der Waals surface area contributed by atoms with Crippen molar-refractivity contribution >= 4 is 5.91 Å². The summed E-state index contributed by atoms with van der Waals surface area (Å²) in [4.78, 5) is 17.1. The van der Waals surface area contributed by atoms with Crippen LogP contribution < -0.4 is 0 Å². The fourth-order valence-corrected chi connectivity index (χ4v) is 3.55. The molecule has 0 saturated carbocycles. The van der Waals surface area contributed by atoms with Crippen molar-refractivity contribution in [2.75, 3.05) is 20.1 Å². The first-order valence-corrected chi connectivity index (χ1v) is 9.54. The van der Waals surface area contributed by atoms with Crippen LogP contribution in [0.3, 0.4) is 0 Å². The summed E-state index contributed by atoms with van der Waals surface area (Å²) in [6.45, 7) is 6.58. The number of amides is 1. The van der Waals surface area contributed by atoms with E-state index in [1.807, 2.05) is 24.8 Å². The van der Waals surface area contributed by atoms with E-state index >= 15 is 0 Å². The fraction of sp³-hybridized carbons (Fsp3) is 0.524. The van der Waals surface area contributed by atoms with Gasteiger partial charge in [0.2, 0.25) is 0 Å². The summed E-state index contributed by atoms with van der Waals surface area (Å²) in [5.41, 5.74) is 1.76. The molecule has 1 aromatic heterocycles. The minimum atomic E-state index is -0.00740. The van der Waals surface area contributed by atoms with E-state index in [4.69, 9.17) is 4.52 Å². The van der Waals surface area contributed by atoms with E-state index in [0.29, 0.717) is 11.7 Å². The molecule has 26 heavy (non-hydrogen) atoms. The first kappa shape index (κ1) is 18.6. The molecule has 1 amide bonds. The van der Waals surface area contributed by atoms with Gasteiger partial charge in [-0.1, -0.05) is 49.3 Å². The third kappa shape index (κ3) is 4.52. The lowest BCUT2D eigenvalue weighted by atomic mass is 10.1. The van der Waals surface area contributed by atoms with Gasteiger partial charge in [-0.15, -0.1) is 0 Å². The van der Waals surface area contributed by atoms with Gasteiger partial charge in [0.25, 0.3) is 5.91 Å². The quantitative estimate of drug-likeness (QED) is 0.815. The van der Waals surface area contributed by atoms with Crippen molar-refractivity contribution in [3.05, 3.63) is 53.4 Å². The zero-order valence-electron chi connectivity index (χ0n) is 16.0. The Morgan fingerprint density at radius 1 is 1.27 bits per heavy atom. The summed E-state index contributed by atoms with van der Waals surface area (Å²) in [6.07, 6.45) is 3.12. The van der Waals surface area contributed by atoms with Gasteiger partial charge in [0.05, 0.1) is 0 Å². The topological polar surface area (TPSA) is 49.6 Å². The van der Waals surface area contributed by atoms with Gasteiger partial charge in [-0.05, 0) is 31.9 Å². The molecule has 0 unspecified atom stereocenters. The highest BCUT2D eigenvalue weighted by Crippen LogP contribution is 2.21. The number of hydrogen-bond acceptors (Lipinski definition) is 4. The number of rotatable bonds is 5. The van der Waals surface area contributed by atoms with Gasteiger partial charge in [0.15, 0.2) is 5.69 Å². The molecule has 0 bridgehead atoms. The molecule has 1 aliphatic heterocycles. The second kappa shape index (κ2) is 8.49. The zero-order valence-corrected chi connectivity index (χ0v) is 16.0. The first-order chi connectivity index (χ1) is 12.5. The summed E-state index contributed by atoms with van der Waals surface area (Å²) in [5, 5.41) is 3.98. The molecule has 1 aliphatic rings. The lowest BCUT2D eigenvalue weighted by Crippen LogP contribution is -2.35. The van der Waals surface area contributed by atoms with E-state index in [1.54, 1.807) is 6.07 Å². The Morgan fingerprint density at radius 2 is 2.04 bits per heavy atom. The molecule has 1 aromatic carbocycles. The van der Waals surface area contributed by atoms with Crippen molar-refractivity contribution < 1.29 is 9.32 Å². The largest absolute Gasteiger partial charge is 0.360 e. The van der Waals surface area contributed by atoms with Crippen molar-refractivity contribution in [2.24, 2.45) is 0 Å². The highest BCUT2D eigenvalue weighted by molar-refractivity contribution is 5.92. The van der Waals surface area contributed by atoms with Crippen LogP contribution in [0, 0.1) is 0 Å². The van der Waals surface area contributed by atoms with Crippen molar-refractivity contribution in [1.82, 2.24) is 15.0 Å². The Balaban J connectivity index is 1.57. The Bertz CT molecular complexity index is 711. The number of likely N-dealkylation sites (tertiary alicyclic amines) is 1. The van der Waals surface area contributed by atoms with Crippen LogP contribution in [0.5, 0.6) is 0 Å². The van der Waals surface area contributed by atoms with Crippen LogP contribution in [-0.2, 0) is 6.54 Å². The van der Waals surface area contributed by atoms with Gasteiger partial charge in [0, 0.05) is 37.7 Å². The Kier molecular flexibility index (Phi) is 6.09. The number of nitrogens with zero attached hydrogens (tertiary/aromatic N) is 3. The first-order valence-electron chi connectivity index (χ1n) is 9.54. The molecule has 2 heterocycles. The monoisotopic (exact) mass is 355 g/mol. The molecule has 2 aromatic rings. The van der Waals surface area contributed by atoms with E-state index in [2.05, 4.69) is 41.4 Å². The lowest BCUT2D eigenvalue weighted by molar-refractivity contribution is 0.0747. The summed E-state index contributed by atoms with van der Waals surface area (Å²) in [6, 6.07) is 12.8. The molecule has 0 aliphatic carbocycles. The van der Waals surface area contributed by atoms with E-state index in [9.17, 15) is 4.79 Å². The second-order valence-electron chi connectivity index (χ2n) is 7.55. The molecule has 5 nitrogen and oxygen atoms in total. The maximum atomic E-state index is 12.7. The molecule has 3 rings (SSSR count). The maximum Gasteiger partial charge on any atom is 0.276 e. The van der Waals surface area contributed by atoms with E-state index in [-0.39, 0.29) is 11.8 Å². The van der Waals surface area contributed by atoms with Gasteiger partial charge in [-0.3, -0.25) is 9.69 Å². The SMILES string of the molecule is CC(C)c1cc(C(=O)N2CCC[C@@H](N(C)Cc3ccccc3)CC2)no1. The second-order valence-corrected chi connectivity index (χ2v) is 7.55. The van der Waals surface area contributed by atoms with Crippen LogP contribution in [0.15, 0.2) is 40.9 Å². The van der Waals surface area contributed by atoms with Crippen LogP contribution in [0.1, 0.15) is 60.8 Å². The van der Waals surface area contributed by atoms with E-state index in [1.165, 1.54) is 5.56 Å². The minimum absolute atomic E-state index is 0.00740. The predicted molar refractivity (Wildman–Crippen MR) is 102 cm³/mol. The van der Waals surface area contributed by atoms with Crippen LogP contribution in [0.25, 0.3) is 0 Å². The van der Waals surface area contributed by atoms with Gasteiger partial charge in [0.1, 0.15) is 5.76 Å². The van der Waals surface area contributed by atoms with Crippen LogP contribution in [-0.4, -0.2) is 47.0 Å². The number of aromatic nitrogens is 1. The molecule has 1 saturated heterocycles. The summed E-state index contributed by atoms with van der Waals surface area (Å²) in [7, 11) is 2.18. The molecule has 0 radical (unpaired) electrons. The molecular formula is C21H29N3O2. The molecule has 0 N–H and O–H groups in total. The Labute approximate surface area is 156 Å². The standard InChI is InChI=1S/C21H29N3O2/c1-16(2)20-14-19(22-26-20)21(25)24-12-7-10-18(11-13-24)23(3)15-17-8-5-4-6-9-17/h4-6,8-9,14,16,18H,7,10-13,15H2,1-3H3/t18-/m1/s1. The number of benzene rings is 1. The number of hydrogen-bond donors (Lipinski definition) is 0. The molecule has 140 valence electrons. The van der Waals surface area contributed by atoms with E-state index < -0.39 is 0 Å². The third-order valence-corrected chi connectivity index (χ3v) is 5.20. The summed E-state index contributed by atoms with van der Waals surface area (Å²) >= 11 is 0. The van der Waals surface area contributed by atoms with Gasteiger partial charge in [-0.25, -0.2) is 0 Å². The third-order valence-electron chi connectivity index (χ3n) is 5.20. The van der Waals surface area contributed by atoms with Gasteiger partial charge < -0.3 is 9.42 Å². The Morgan fingerprint density at radius 3 is 2.73 bits per heavy atom. The van der Waals surface area contributed by atoms with E-state index in [0.717, 1.165) is 44.7 Å². The summed E-state index contributed by atoms with van der Waals surface area (Å²) < 4.78 is 5.29. The van der Waals surface area contributed by atoms with Crippen LogP contribution in [0.2, 0.25) is 0 Å². The normalized spacial score (nSPS) is 18.3. The minimum Gasteiger partial charge on any atom is -0.360 e. The molecule has 0 spiro atoms. The zero-order chi connectivity index (χ0) is 18.5. The van der Waals surface area contributed by atoms with Crippen LogP contribution >= 0.6 is 0 Å². The fourth-order valence-electron chi connectivity index (χ4n) is 3.55. The average Bonchev–Trinajstić information content (AvgIpc) is 3.00.